The van der Waals surface area contributed by atoms with Crippen LogP contribution in [-0.2, 0) is 0 Å². The van der Waals surface area contributed by atoms with Gasteiger partial charge in [0.15, 0.2) is 5.78 Å². The maximum absolute atomic E-state index is 13.0. The number of carbonyl (C=O) groups is 1. The Bertz CT molecular complexity index is 668. The van der Waals surface area contributed by atoms with Crippen molar-refractivity contribution in [3.05, 3.63) is 69.8 Å². The molecule has 21 heavy (non-hydrogen) atoms. The molecule has 1 nitrogen and oxygen atoms in total. The van der Waals surface area contributed by atoms with Crippen molar-refractivity contribution in [3.63, 3.8) is 0 Å². The van der Waals surface area contributed by atoms with Crippen LogP contribution in [0.5, 0.6) is 0 Å². The van der Waals surface area contributed by atoms with Crippen LogP contribution >= 0.6 is 0 Å². The molecule has 0 aliphatic heterocycles. The maximum atomic E-state index is 13.0. The van der Waals surface area contributed by atoms with Crippen LogP contribution in [0.1, 0.15) is 57.4 Å². The van der Waals surface area contributed by atoms with Gasteiger partial charge in [0.05, 0.1) is 0 Å². The zero-order valence-electron chi connectivity index (χ0n) is 13.7. The fraction of sp³-hybridized carbons (Fsp3) is 0.350. The monoisotopic (exact) mass is 280 g/mol. The third-order valence-electron chi connectivity index (χ3n) is 4.62. The first-order chi connectivity index (χ1) is 9.97. The van der Waals surface area contributed by atoms with Gasteiger partial charge in [-0.05, 0) is 61.9 Å². The number of benzene rings is 2. The van der Waals surface area contributed by atoms with Crippen molar-refractivity contribution >= 4 is 5.78 Å². The van der Waals surface area contributed by atoms with Gasteiger partial charge < -0.3 is 0 Å². The van der Waals surface area contributed by atoms with Crippen molar-refractivity contribution in [2.24, 2.45) is 0 Å². The van der Waals surface area contributed by atoms with Crippen LogP contribution in [-0.4, -0.2) is 5.78 Å². The Morgan fingerprint density at radius 2 is 1.48 bits per heavy atom. The van der Waals surface area contributed by atoms with Gasteiger partial charge in [-0.25, -0.2) is 0 Å². The normalized spacial score (nSPS) is 12.2. The lowest BCUT2D eigenvalue weighted by Gasteiger charge is -2.19. The highest BCUT2D eigenvalue weighted by Gasteiger charge is 2.23. The summed E-state index contributed by atoms with van der Waals surface area (Å²) in [4.78, 5) is 13.0. The first-order valence-corrected chi connectivity index (χ1v) is 7.63. The predicted octanol–water partition coefficient (Wildman–Crippen LogP) is 5.30. The van der Waals surface area contributed by atoms with E-state index in [9.17, 15) is 4.79 Å². The summed E-state index contributed by atoms with van der Waals surface area (Å²) in [5.41, 5.74) is 6.80. The molecule has 1 unspecified atom stereocenters. The minimum atomic E-state index is -0.0506. The Labute approximate surface area is 128 Å². The van der Waals surface area contributed by atoms with Crippen LogP contribution in [0.25, 0.3) is 0 Å². The van der Waals surface area contributed by atoms with Crippen LogP contribution in [0.2, 0.25) is 0 Å². The molecule has 0 saturated heterocycles. The molecule has 0 aliphatic carbocycles. The Hall–Kier alpha value is -1.89. The summed E-state index contributed by atoms with van der Waals surface area (Å²) in [5, 5.41) is 0. The molecule has 0 N–H and O–H groups in total. The summed E-state index contributed by atoms with van der Waals surface area (Å²) in [7, 11) is 0. The van der Waals surface area contributed by atoms with Crippen molar-refractivity contribution in [1.29, 1.82) is 0 Å². The van der Waals surface area contributed by atoms with E-state index in [1.165, 1.54) is 22.3 Å². The fourth-order valence-electron chi connectivity index (χ4n) is 2.90. The van der Waals surface area contributed by atoms with E-state index in [1.54, 1.807) is 0 Å². The van der Waals surface area contributed by atoms with Gasteiger partial charge in [-0.15, -0.1) is 0 Å². The molecule has 0 aliphatic rings. The fourth-order valence-corrected chi connectivity index (χ4v) is 2.90. The van der Waals surface area contributed by atoms with Gasteiger partial charge in [0.1, 0.15) is 0 Å². The standard InChI is InChI=1S/C20H24O/c1-6-17(18-11-7-9-13(2)15(18)4)20(21)19-12-8-10-14(3)16(19)5/h7-12,17H,6H2,1-5H3. The second-order valence-corrected chi connectivity index (χ2v) is 5.86. The molecule has 1 heteroatoms. The van der Waals surface area contributed by atoms with Crippen molar-refractivity contribution in [1.82, 2.24) is 0 Å². The Balaban J connectivity index is 2.49. The molecule has 2 rings (SSSR count). The summed E-state index contributed by atoms with van der Waals surface area (Å²) in [6.07, 6.45) is 0.830. The average molecular weight is 280 g/mol. The second-order valence-electron chi connectivity index (χ2n) is 5.86. The van der Waals surface area contributed by atoms with Crippen LogP contribution in [0.15, 0.2) is 36.4 Å². The number of aryl methyl sites for hydroxylation is 2. The highest BCUT2D eigenvalue weighted by molar-refractivity contribution is 6.02. The molecule has 0 radical (unpaired) electrons. The minimum Gasteiger partial charge on any atom is -0.293 e. The average Bonchev–Trinajstić information content (AvgIpc) is 2.47. The number of rotatable bonds is 4. The Kier molecular flexibility index (Phi) is 4.62. The van der Waals surface area contributed by atoms with E-state index in [1.807, 2.05) is 19.1 Å². The summed E-state index contributed by atoms with van der Waals surface area (Å²) >= 11 is 0. The molecular weight excluding hydrogens is 256 g/mol. The van der Waals surface area contributed by atoms with Gasteiger partial charge in [0.25, 0.3) is 0 Å². The molecule has 0 heterocycles. The maximum Gasteiger partial charge on any atom is 0.170 e. The van der Waals surface area contributed by atoms with E-state index < -0.39 is 0 Å². The Morgan fingerprint density at radius 3 is 2.10 bits per heavy atom. The van der Waals surface area contributed by atoms with Crippen molar-refractivity contribution in [3.8, 4) is 0 Å². The highest BCUT2D eigenvalue weighted by atomic mass is 16.1. The van der Waals surface area contributed by atoms with E-state index in [0.717, 1.165) is 17.5 Å². The third kappa shape index (κ3) is 2.92. The van der Waals surface area contributed by atoms with Gasteiger partial charge in [0, 0.05) is 11.5 Å². The van der Waals surface area contributed by atoms with Gasteiger partial charge in [-0.1, -0.05) is 43.3 Å². The summed E-state index contributed by atoms with van der Waals surface area (Å²) in [6.45, 7) is 10.4. The van der Waals surface area contributed by atoms with E-state index in [0.29, 0.717) is 0 Å². The number of hydrogen-bond donors (Lipinski definition) is 0. The SMILES string of the molecule is CCC(C(=O)c1cccc(C)c1C)c1cccc(C)c1C. The first-order valence-electron chi connectivity index (χ1n) is 7.63. The third-order valence-corrected chi connectivity index (χ3v) is 4.62. The minimum absolute atomic E-state index is 0.0506. The summed E-state index contributed by atoms with van der Waals surface area (Å²) in [6, 6.07) is 12.2. The van der Waals surface area contributed by atoms with Gasteiger partial charge >= 0.3 is 0 Å². The number of ketones is 1. The van der Waals surface area contributed by atoms with Gasteiger partial charge in [-0.3, -0.25) is 4.79 Å². The second kappa shape index (κ2) is 6.26. The largest absolute Gasteiger partial charge is 0.293 e. The molecule has 0 bridgehead atoms. The predicted molar refractivity (Wildman–Crippen MR) is 89.2 cm³/mol. The van der Waals surface area contributed by atoms with Crippen molar-refractivity contribution in [2.75, 3.05) is 0 Å². The molecule has 0 spiro atoms. The number of Topliss-reactive ketones (excluding diaryl/α,β-unsaturated/α-hetero) is 1. The van der Waals surface area contributed by atoms with E-state index in [4.69, 9.17) is 0 Å². The molecule has 110 valence electrons. The van der Waals surface area contributed by atoms with Crippen LogP contribution in [0, 0.1) is 27.7 Å². The molecule has 1 atom stereocenters. The molecular formula is C20H24O. The molecule has 0 aromatic heterocycles. The van der Waals surface area contributed by atoms with E-state index in [-0.39, 0.29) is 11.7 Å². The lowest BCUT2D eigenvalue weighted by molar-refractivity contribution is 0.0956. The molecule has 2 aromatic carbocycles. The van der Waals surface area contributed by atoms with Gasteiger partial charge in [-0.2, -0.15) is 0 Å². The number of carbonyl (C=O) groups excluding carboxylic acids is 1. The topological polar surface area (TPSA) is 17.1 Å². The molecule has 0 fully saturated rings. The van der Waals surface area contributed by atoms with Crippen LogP contribution in [0.4, 0.5) is 0 Å². The van der Waals surface area contributed by atoms with Crippen LogP contribution < -0.4 is 0 Å². The van der Waals surface area contributed by atoms with E-state index in [2.05, 4.69) is 52.0 Å². The lowest BCUT2D eigenvalue weighted by Crippen LogP contribution is -2.15. The van der Waals surface area contributed by atoms with Crippen LogP contribution in [0.3, 0.4) is 0 Å². The summed E-state index contributed by atoms with van der Waals surface area (Å²) in [5.74, 6) is 0.192. The molecule has 2 aromatic rings. The molecule has 0 amide bonds. The van der Waals surface area contributed by atoms with Crippen molar-refractivity contribution in [2.45, 2.75) is 47.0 Å². The summed E-state index contributed by atoms with van der Waals surface area (Å²) < 4.78 is 0. The van der Waals surface area contributed by atoms with Crippen molar-refractivity contribution < 1.29 is 4.79 Å². The highest BCUT2D eigenvalue weighted by Crippen LogP contribution is 2.29. The quantitative estimate of drug-likeness (QED) is 0.695. The zero-order chi connectivity index (χ0) is 15.6. The van der Waals surface area contributed by atoms with Gasteiger partial charge in [0.2, 0.25) is 0 Å². The number of hydrogen-bond acceptors (Lipinski definition) is 1. The smallest absolute Gasteiger partial charge is 0.170 e. The molecule has 0 saturated carbocycles. The Morgan fingerprint density at radius 1 is 0.905 bits per heavy atom. The van der Waals surface area contributed by atoms with E-state index >= 15 is 0 Å². The first kappa shape index (κ1) is 15.5. The zero-order valence-corrected chi connectivity index (χ0v) is 13.7. The lowest BCUT2D eigenvalue weighted by atomic mass is 9.83.